The maximum Gasteiger partial charge on any atom is 0.407 e. The Morgan fingerprint density at radius 2 is 2.12 bits per heavy atom. The van der Waals surface area contributed by atoms with Gasteiger partial charge in [-0.25, -0.2) is 9.78 Å². The van der Waals surface area contributed by atoms with Crippen LogP contribution in [0.2, 0.25) is 0 Å². The van der Waals surface area contributed by atoms with E-state index in [4.69, 9.17) is 4.52 Å². The standard InChI is InChI=1S/C22H20N6O4/c1-13-7-8-14(19-25-21(32-26-19)16-5-4-10-28(16)22(30)31)11-15(13)24-20(29)17-12-23-18-6-2-3-9-27(17)18/h2-3,6-9,11-12,16H,4-5,10H2,1H3,(H,24,29)(H,30,31)/t16-/m1/s1. The van der Waals surface area contributed by atoms with E-state index in [2.05, 4.69) is 20.4 Å². The highest BCUT2D eigenvalue weighted by molar-refractivity contribution is 6.04. The number of benzene rings is 1. The van der Waals surface area contributed by atoms with Crippen LogP contribution >= 0.6 is 0 Å². The van der Waals surface area contributed by atoms with Crippen LogP contribution in [-0.2, 0) is 0 Å². The van der Waals surface area contributed by atoms with Gasteiger partial charge in [0.15, 0.2) is 0 Å². The molecule has 0 aliphatic carbocycles. The van der Waals surface area contributed by atoms with E-state index in [-0.39, 0.29) is 11.8 Å². The summed E-state index contributed by atoms with van der Waals surface area (Å²) in [6, 6.07) is 10.5. The summed E-state index contributed by atoms with van der Waals surface area (Å²) in [4.78, 5) is 34.3. The van der Waals surface area contributed by atoms with E-state index in [0.717, 1.165) is 12.0 Å². The summed E-state index contributed by atoms with van der Waals surface area (Å²) in [7, 11) is 0. The lowest BCUT2D eigenvalue weighted by Gasteiger charge is -2.17. The second kappa shape index (κ2) is 7.80. The van der Waals surface area contributed by atoms with Crippen molar-refractivity contribution in [2.24, 2.45) is 0 Å². The summed E-state index contributed by atoms with van der Waals surface area (Å²) in [5, 5.41) is 16.3. The number of anilines is 1. The molecule has 162 valence electrons. The van der Waals surface area contributed by atoms with Crippen LogP contribution in [0.1, 0.15) is 40.8 Å². The molecule has 1 aromatic carbocycles. The number of rotatable bonds is 4. The van der Waals surface area contributed by atoms with Gasteiger partial charge in [-0.3, -0.25) is 14.1 Å². The SMILES string of the molecule is Cc1ccc(-c2noc([C@H]3CCCN3C(=O)O)n2)cc1NC(=O)c1cnc2ccccn12. The van der Waals surface area contributed by atoms with E-state index in [9.17, 15) is 14.7 Å². The molecule has 10 nitrogen and oxygen atoms in total. The molecule has 3 aromatic heterocycles. The number of carbonyl (C=O) groups is 2. The third kappa shape index (κ3) is 3.45. The van der Waals surface area contributed by atoms with Crippen LogP contribution in [0, 0.1) is 6.92 Å². The molecular formula is C22H20N6O4. The predicted molar refractivity (Wildman–Crippen MR) is 114 cm³/mol. The summed E-state index contributed by atoms with van der Waals surface area (Å²) in [5.74, 6) is 0.320. The monoisotopic (exact) mass is 432 g/mol. The van der Waals surface area contributed by atoms with Crippen LogP contribution in [0.3, 0.4) is 0 Å². The number of fused-ring (bicyclic) bond motifs is 1. The number of amides is 2. The van der Waals surface area contributed by atoms with Crippen molar-refractivity contribution >= 4 is 23.3 Å². The van der Waals surface area contributed by atoms with Gasteiger partial charge in [-0.1, -0.05) is 23.4 Å². The smallest absolute Gasteiger partial charge is 0.407 e. The Bertz CT molecular complexity index is 1330. The minimum atomic E-state index is -1.00. The molecule has 0 radical (unpaired) electrons. The van der Waals surface area contributed by atoms with Gasteiger partial charge in [0, 0.05) is 24.0 Å². The highest BCUT2D eigenvalue weighted by atomic mass is 16.5. The Hall–Kier alpha value is -4.21. The molecule has 4 heterocycles. The molecule has 10 heteroatoms. The fourth-order valence-corrected chi connectivity index (χ4v) is 3.92. The van der Waals surface area contributed by atoms with Crippen molar-refractivity contribution < 1.29 is 19.2 Å². The Kier molecular flexibility index (Phi) is 4.81. The molecule has 1 aliphatic heterocycles. The van der Waals surface area contributed by atoms with Gasteiger partial charge in [0.2, 0.25) is 11.7 Å². The zero-order chi connectivity index (χ0) is 22.2. The van der Waals surface area contributed by atoms with Crippen molar-refractivity contribution in [3.8, 4) is 11.4 Å². The molecule has 2 amide bonds. The molecular weight excluding hydrogens is 412 g/mol. The van der Waals surface area contributed by atoms with E-state index in [1.807, 2.05) is 37.3 Å². The lowest BCUT2D eigenvalue weighted by molar-refractivity contribution is 0.102. The Morgan fingerprint density at radius 3 is 2.97 bits per heavy atom. The van der Waals surface area contributed by atoms with Crippen molar-refractivity contribution in [3.05, 3.63) is 65.9 Å². The summed E-state index contributed by atoms with van der Waals surface area (Å²) in [6.07, 6.45) is 3.71. The highest BCUT2D eigenvalue weighted by Crippen LogP contribution is 2.32. The van der Waals surface area contributed by atoms with Crippen LogP contribution in [-0.4, -0.2) is 48.1 Å². The fourth-order valence-electron chi connectivity index (χ4n) is 3.92. The molecule has 5 rings (SSSR count). The van der Waals surface area contributed by atoms with Crippen LogP contribution < -0.4 is 5.32 Å². The maximum atomic E-state index is 12.9. The summed E-state index contributed by atoms with van der Waals surface area (Å²) in [5.41, 5.74) is 3.23. The number of likely N-dealkylation sites (tertiary alicyclic amines) is 1. The quantitative estimate of drug-likeness (QED) is 0.503. The topological polar surface area (TPSA) is 126 Å². The normalized spacial score (nSPS) is 15.9. The Labute approximate surface area is 182 Å². The molecule has 1 fully saturated rings. The second-order valence-electron chi connectivity index (χ2n) is 7.65. The van der Waals surface area contributed by atoms with Gasteiger partial charge in [0.05, 0.1) is 6.20 Å². The molecule has 0 unspecified atom stereocenters. The molecule has 0 spiro atoms. The van der Waals surface area contributed by atoms with Gasteiger partial charge >= 0.3 is 6.09 Å². The zero-order valence-electron chi connectivity index (χ0n) is 17.2. The molecule has 1 atom stereocenters. The van der Waals surface area contributed by atoms with Crippen molar-refractivity contribution in [2.75, 3.05) is 11.9 Å². The number of aromatic nitrogens is 4. The van der Waals surface area contributed by atoms with Crippen LogP contribution in [0.25, 0.3) is 17.0 Å². The van der Waals surface area contributed by atoms with Gasteiger partial charge in [-0.2, -0.15) is 4.98 Å². The average molecular weight is 432 g/mol. The molecule has 4 aromatic rings. The molecule has 1 aliphatic rings. The first-order chi connectivity index (χ1) is 15.5. The zero-order valence-corrected chi connectivity index (χ0v) is 17.2. The first-order valence-corrected chi connectivity index (χ1v) is 10.2. The number of hydrogen-bond acceptors (Lipinski definition) is 6. The third-order valence-corrected chi connectivity index (χ3v) is 5.62. The first kappa shape index (κ1) is 19.7. The maximum absolute atomic E-state index is 12.9. The van der Waals surface area contributed by atoms with E-state index >= 15 is 0 Å². The largest absolute Gasteiger partial charge is 0.465 e. The second-order valence-corrected chi connectivity index (χ2v) is 7.65. The molecule has 0 bridgehead atoms. The molecule has 0 saturated carbocycles. The van der Waals surface area contributed by atoms with Crippen molar-refractivity contribution in [1.82, 2.24) is 24.4 Å². The first-order valence-electron chi connectivity index (χ1n) is 10.2. The number of imidazole rings is 1. The van der Waals surface area contributed by atoms with Crippen molar-refractivity contribution in [1.29, 1.82) is 0 Å². The minimum absolute atomic E-state index is 0.275. The lowest BCUT2D eigenvalue weighted by atomic mass is 10.1. The Balaban J connectivity index is 1.40. The fraction of sp³-hybridized carbons (Fsp3) is 0.227. The third-order valence-electron chi connectivity index (χ3n) is 5.62. The van der Waals surface area contributed by atoms with Gasteiger partial charge in [0.25, 0.3) is 5.91 Å². The lowest BCUT2D eigenvalue weighted by Crippen LogP contribution is -2.28. The van der Waals surface area contributed by atoms with Gasteiger partial charge < -0.3 is 14.9 Å². The van der Waals surface area contributed by atoms with Gasteiger partial charge in [-0.05, 0) is 43.5 Å². The Morgan fingerprint density at radius 1 is 1.25 bits per heavy atom. The van der Waals surface area contributed by atoms with E-state index in [0.29, 0.717) is 41.4 Å². The number of hydrogen-bond donors (Lipinski definition) is 2. The number of nitrogens with zero attached hydrogens (tertiary/aromatic N) is 5. The molecule has 2 N–H and O–H groups in total. The molecule has 32 heavy (non-hydrogen) atoms. The van der Waals surface area contributed by atoms with Crippen molar-refractivity contribution in [2.45, 2.75) is 25.8 Å². The van der Waals surface area contributed by atoms with Gasteiger partial charge in [0.1, 0.15) is 17.4 Å². The predicted octanol–water partition coefficient (Wildman–Crippen LogP) is 3.76. The van der Waals surface area contributed by atoms with Crippen LogP contribution in [0.4, 0.5) is 10.5 Å². The number of carboxylic acid groups (broad SMARTS) is 1. The van der Waals surface area contributed by atoms with E-state index < -0.39 is 12.1 Å². The summed E-state index contributed by atoms with van der Waals surface area (Å²) >= 11 is 0. The van der Waals surface area contributed by atoms with Crippen molar-refractivity contribution in [3.63, 3.8) is 0 Å². The van der Waals surface area contributed by atoms with Gasteiger partial charge in [-0.15, -0.1) is 0 Å². The number of aryl methyl sites for hydroxylation is 1. The van der Waals surface area contributed by atoms with Crippen LogP contribution in [0.5, 0.6) is 0 Å². The average Bonchev–Trinajstić information content (AvgIpc) is 3.53. The summed E-state index contributed by atoms with van der Waals surface area (Å²) in [6.45, 7) is 2.33. The molecule has 1 saturated heterocycles. The van der Waals surface area contributed by atoms with E-state index in [1.54, 1.807) is 16.7 Å². The minimum Gasteiger partial charge on any atom is -0.465 e. The number of pyridine rings is 1. The van der Waals surface area contributed by atoms with Crippen LogP contribution in [0.15, 0.2) is 53.3 Å². The van der Waals surface area contributed by atoms with E-state index in [1.165, 1.54) is 11.1 Å². The summed E-state index contributed by atoms with van der Waals surface area (Å²) < 4.78 is 7.09. The number of nitrogens with one attached hydrogen (secondary N) is 1. The number of carbonyl (C=O) groups excluding carboxylic acids is 1. The highest BCUT2D eigenvalue weighted by Gasteiger charge is 2.34.